The minimum Gasteiger partial charge on any atom is -0.370 e. The van der Waals surface area contributed by atoms with Crippen LogP contribution in [-0.4, -0.2) is 26.5 Å². The highest BCUT2D eigenvalue weighted by Gasteiger charge is 2.13. The Morgan fingerprint density at radius 2 is 1.84 bits per heavy atom. The number of pyridine rings is 1. The largest absolute Gasteiger partial charge is 0.370 e. The number of nitrogens with one attached hydrogen (secondary N) is 3. The van der Waals surface area contributed by atoms with E-state index in [0.29, 0.717) is 17.9 Å². The summed E-state index contributed by atoms with van der Waals surface area (Å²) in [5.74, 6) is 1.20. The fourth-order valence-electron chi connectivity index (χ4n) is 4.14. The number of benzene rings is 2. The molecule has 160 valence electrons. The average Bonchev–Trinajstić information content (AvgIpc) is 3.14. The van der Waals surface area contributed by atoms with Gasteiger partial charge in [-0.1, -0.05) is 12.1 Å². The molecular formula is C25H23FN6. The highest BCUT2D eigenvalue weighted by Crippen LogP contribution is 2.28. The maximum Gasteiger partial charge on any atom is 0.147 e. The molecule has 0 saturated carbocycles. The van der Waals surface area contributed by atoms with Gasteiger partial charge in [-0.25, -0.2) is 14.4 Å². The lowest BCUT2D eigenvalue weighted by molar-refractivity contribution is 0.637. The van der Waals surface area contributed by atoms with Crippen molar-refractivity contribution < 1.29 is 4.39 Å². The minimum absolute atomic E-state index is 0.219. The zero-order valence-electron chi connectivity index (χ0n) is 17.9. The summed E-state index contributed by atoms with van der Waals surface area (Å²) in [7, 11) is 0. The number of rotatable bonds is 6. The van der Waals surface area contributed by atoms with Crippen LogP contribution in [0.2, 0.25) is 0 Å². The van der Waals surface area contributed by atoms with Gasteiger partial charge in [-0.05, 0) is 61.7 Å². The van der Waals surface area contributed by atoms with Gasteiger partial charge < -0.3 is 15.6 Å². The van der Waals surface area contributed by atoms with Crippen molar-refractivity contribution in [2.75, 3.05) is 17.2 Å². The van der Waals surface area contributed by atoms with E-state index in [2.05, 4.69) is 30.6 Å². The second-order valence-corrected chi connectivity index (χ2v) is 7.81. The van der Waals surface area contributed by atoms with E-state index in [0.717, 1.165) is 51.0 Å². The number of anilines is 3. The van der Waals surface area contributed by atoms with Crippen molar-refractivity contribution in [1.29, 1.82) is 0 Å². The molecule has 0 aliphatic heterocycles. The van der Waals surface area contributed by atoms with E-state index in [9.17, 15) is 4.39 Å². The second kappa shape index (κ2) is 8.26. The lowest BCUT2D eigenvalue weighted by atomic mass is 10.0. The van der Waals surface area contributed by atoms with Gasteiger partial charge in [0.05, 0.1) is 11.0 Å². The van der Waals surface area contributed by atoms with Crippen LogP contribution in [0.25, 0.3) is 21.8 Å². The van der Waals surface area contributed by atoms with E-state index in [1.165, 1.54) is 12.4 Å². The number of H-pyrrole nitrogens is 1. The van der Waals surface area contributed by atoms with Crippen molar-refractivity contribution in [2.45, 2.75) is 20.3 Å². The number of fused-ring (bicyclic) bond motifs is 2. The molecule has 0 saturated heterocycles. The van der Waals surface area contributed by atoms with E-state index < -0.39 is 0 Å². The molecule has 6 nitrogen and oxygen atoms in total. The van der Waals surface area contributed by atoms with E-state index >= 15 is 0 Å². The summed E-state index contributed by atoms with van der Waals surface area (Å²) < 4.78 is 14.2. The first-order chi connectivity index (χ1) is 15.6. The lowest BCUT2D eigenvalue weighted by Crippen LogP contribution is -2.08. The normalized spacial score (nSPS) is 11.2. The lowest BCUT2D eigenvalue weighted by Gasteiger charge is -2.11. The van der Waals surface area contributed by atoms with E-state index in [4.69, 9.17) is 0 Å². The highest BCUT2D eigenvalue weighted by molar-refractivity contribution is 5.92. The van der Waals surface area contributed by atoms with Gasteiger partial charge in [0, 0.05) is 41.0 Å². The van der Waals surface area contributed by atoms with Crippen LogP contribution in [0.1, 0.15) is 16.8 Å². The van der Waals surface area contributed by atoms with Gasteiger partial charge >= 0.3 is 0 Å². The third-order valence-electron chi connectivity index (χ3n) is 5.69. The molecule has 0 spiro atoms. The third-order valence-corrected chi connectivity index (χ3v) is 5.69. The van der Waals surface area contributed by atoms with Gasteiger partial charge in [-0.15, -0.1) is 0 Å². The monoisotopic (exact) mass is 426 g/mol. The van der Waals surface area contributed by atoms with Crippen LogP contribution >= 0.6 is 0 Å². The van der Waals surface area contributed by atoms with Crippen molar-refractivity contribution in [2.24, 2.45) is 0 Å². The fourth-order valence-corrected chi connectivity index (χ4v) is 4.14. The minimum atomic E-state index is -0.219. The molecule has 0 amide bonds. The van der Waals surface area contributed by atoms with Gasteiger partial charge in [0.2, 0.25) is 0 Å². The number of aryl methyl sites for hydroxylation is 2. The van der Waals surface area contributed by atoms with Gasteiger partial charge in [0.15, 0.2) is 0 Å². The number of aromatic nitrogens is 4. The van der Waals surface area contributed by atoms with Gasteiger partial charge in [-0.2, -0.15) is 0 Å². The van der Waals surface area contributed by atoms with E-state index in [1.54, 1.807) is 6.20 Å². The van der Waals surface area contributed by atoms with Crippen LogP contribution in [-0.2, 0) is 6.42 Å². The summed E-state index contributed by atoms with van der Waals surface area (Å²) in [6, 6.07) is 15.1. The van der Waals surface area contributed by atoms with Crippen molar-refractivity contribution in [3.63, 3.8) is 0 Å². The van der Waals surface area contributed by atoms with Crippen molar-refractivity contribution in [3.8, 4) is 0 Å². The topological polar surface area (TPSA) is 78.5 Å². The molecule has 3 heterocycles. The van der Waals surface area contributed by atoms with Crippen LogP contribution < -0.4 is 10.6 Å². The predicted octanol–water partition coefficient (Wildman–Crippen LogP) is 5.66. The highest BCUT2D eigenvalue weighted by atomic mass is 19.1. The standard InChI is InChI=1S/C25H23FN6/c1-15-8-9-19(26)25-24(15)17(16(2)31-25)10-12-28-22-13-23(30-14-29-22)32-21-7-3-6-20-18(21)5-4-11-27-20/h3-9,11,13-14,31H,10,12H2,1-2H3,(H2,28,29,30,32). The van der Waals surface area contributed by atoms with Gasteiger partial charge in [0.1, 0.15) is 23.8 Å². The van der Waals surface area contributed by atoms with Gasteiger partial charge in [-0.3, -0.25) is 4.98 Å². The molecule has 5 aromatic rings. The maximum absolute atomic E-state index is 14.2. The summed E-state index contributed by atoms with van der Waals surface area (Å²) in [6.07, 6.45) is 4.06. The molecule has 0 aliphatic rings. The Labute approximate surface area is 185 Å². The summed E-state index contributed by atoms with van der Waals surface area (Å²) >= 11 is 0. The Morgan fingerprint density at radius 3 is 2.75 bits per heavy atom. The molecular weight excluding hydrogens is 403 g/mol. The first-order valence-electron chi connectivity index (χ1n) is 10.5. The number of aromatic amines is 1. The Morgan fingerprint density at radius 1 is 0.969 bits per heavy atom. The third kappa shape index (κ3) is 3.73. The molecule has 0 bridgehead atoms. The zero-order valence-corrected chi connectivity index (χ0v) is 17.9. The number of hydrogen-bond acceptors (Lipinski definition) is 5. The van der Waals surface area contributed by atoms with E-state index in [-0.39, 0.29) is 5.82 Å². The summed E-state index contributed by atoms with van der Waals surface area (Å²) in [4.78, 5) is 16.3. The van der Waals surface area contributed by atoms with E-state index in [1.807, 2.05) is 56.3 Å². The molecule has 32 heavy (non-hydrogen) atoms. The van der Waals surface area contributed by atoms with Crippen LogP contribution in [0.15, 0.2) is 61.1 Å². The average molecular weight is 426 g/mol. The summed E-state index contributed by atoms with van der Waals surface area (Å²) in [5, 5.41) is 8.72. The summed E-state index contributed by atoms with van der Waals surface area (Å²) in [6.45, 7) is 4.66. The zero-order chi connectivity index (χ0) is 22.1. The van der Waals surface area contributed by atoms with Gasteiger partial charge in [0.25, 0.3) is 0 Å². The number of nitrogens with zero attached hydrogens (tertiary/aromatic N) is 3. The van der Waals surface area contributed by atoms with Crippen LogP contribution in [0, 0.1) is 19.7 Å². The number of hydrogen-bond donors (Lipinski definition) is 3. The van der Waals surface area contributed by atoms with Crippen molar-refractivity contribution in [1.82, 2.24) is 19.9 Å². The molecule has 3 N–H and O–H groups in total. The van der Waals surface area contributed by atoms with Crippen molar-refractivity contribution >= 4 is 39.1 Å². The van der Waals surface area contributed by atoms with Crippen molar-refractivity contribution in [3.05, 3.63) is 83.7 Å². The molecule has 0 fully saturated rings. The maximum atomic E-state index is 14.2. The first-order valence-corrected chi connectivity index (χ1v) is 10.5. The summed E-state index contributed by atoms with van der Waals surface area (Å²) in [5.41, 5.74) is 5.62. The Kier molecular flexibility index (Phi) is 5.15. The molecule has 0 unspecified atom stereocenters. The molecule has 3 aromatic heterocycles. The second-order valence-electron chi connectivity index (χ2n) is 7.81. The molecule has 0 atom stereocenters. The quantitative estimate of drug-likeness (QED) is 0.326. The fraction of sp³-hybridized carbons (Fsp3) is 0.160. The first kappa shape index (κ1) is 19.9. The Bertz CT molecular complexity index is 1420. The smallest absolute Gasteiger partial charge is 0.147 e. The Balaban J connectivity index is 1.32. The predicted molar refractivity (Wildman–Crippen MR) is 127 cm³/mol. The molecule has 0 aliphatic carbocycles. The SMILES string of the molecule is Cc1[nH]c2c(F)ccc(C)c2c1CCNc1cc(Nc2cccc3ncccc23)ncn1. The molecule has 5 rings (SSSR count). The van der Waals surface area contributed by atoms with Crippen LogP contribution in [0.5, 0.6) is 0 Å². The molecule has 2 aromatic carbocycles. The van der Waals surface area contributed by atoms with Crippen LogP contribution in [0.4, 0.5) is 21.7 Å². The van der Waals surface area contributed by atoms with Crippen LogP contribution in [0.3, 0.4) is 0 Å². The Hall–Kier alpha value is -4.00. The molecule has 7 heteroatoms. The molecule has 0 radical (unpaired) electrons. The number of halogens is 1.